The van der Waals surface area contributed by atoms with Crippen LogP contribution < -0.4 is 5.32 Å². The van der Waals surface area contributed by atoms with Gasteiger partial charge in [-0.2, -0.15) is 5.10 Å². The number of carbonyl (C=O) groups is 1. The predicted molar refractivity (Wildman–Crippen MR) is 81.8 cm³/mol. The van der Waals surface area contributed by atoms with E-state index in [4.69, 9.17) is 0 Å². The van der Waals surface area contributed by atoms with Crippen molar-refractivity contribution in [2.45, 2.75) is 0 Å². The van der Waals surface area contributed by atoms with Crippen molar-refractivity contribution in [3.8, 4) is 0 Å². The van der Waals surface area contributed by atoms with Crippen LogP contribution in [0.15, 0.2) is 41.1 Å². The maximum absolute atomic E-state index is 12.1. The molecule has 0 unspecified atom stereocenters. The summed E-state index contributed by atoms with van der Waals surface area (Å²) < 4.78 is 1.73. The number of pyridine rings is 2. The van der Waals surface area contributed by atoms with Gasteiger partial charge in [-0.1, -0.05) is 0 Å². The highest BCUT2D eigenvalue weighted by atomic mass is 79.9. The van der Waals surface area contributed by atoms with Gasteiger partial charge in [0.05, 0.1) is 0 Å². The molecule has 100 valence electrons. The van der Waals surface area contributed by atoms with Gasteiger partial charge in [-0.15, -0.1) is 0 Å². The van der Waals surface area contributed by atoms with Crippen LogP contribution in [0.2, 0.25) is 0 Å². The summed E-state index contributed by atoms with van der Waals surface area (Å²) in [6, 6.07) is 8.87. The van der Waals surface area contributed by atoms with Crippen LogP contribution in [-0.4, -0.2) is 25.1 Å². The van der Waals surface area contributed by atoms with Crippen LogP contribution in [0.25, 0.3) is 11.0 Å². The number of rotatable bonds is 2. The Morgan fingerprint density at radius 3 is 2.95 bits per heavy atom. The summed E-state index contributed by atoms with van der Waals surface area (Å²) in [6.07, 6.45) is 1.65. The lowest BCUT2D eigenvalue weighted by Gasteiger charge is -2.04. The SMILES string of the molecule is O=C(Nc1ccc2cccnc2n1)c1cc(Br)nn1S. The van der Waals surface area contributed by atoms with Crippen molar-refractivity contribution in [2.24, 2.45) is 0 Å². The second-order valence-corrected chi connectivity index (χ2v) is 5.13. The van der Waals surface area contributed by atoms with E-state index in [-0.39, 0.29) is 5.91 Å². The molecular formula is C12H8BrN5OS. The Morgan fingerprint density at radius 2 is 2.20 bits per heavy atom. The average Bonchev–Trinajstić information content (AvgIpc) is 2.78. The lowest BCUT2D eigenvalue weighted by molar-refractivity contribution is 0.102. The van der Waals surface area contributed by atoms with E-state index in [0.717, 1.165) is 5.39 Å². The van der Waals surface area contributed by atoms with E-state index >= 15 is 0 Å². The highest BCUT2D eigenvalue weighted by Crippen LogP contribution is 2.15. The summed E-state index contributed by atoms with van der Waals surface area (Å²) in [4.78, 5) is 20.5. The first-order valence-corrected chi connectivity index (χ1v) is 6.81. The zero-order chi connectivity index (χ0) is 14.1. The molecule has 0 fully saturated rings. The fourth-order valence-electron chi connectivity index (χ4n) is 1.70. The third-order valence-corrected chi connectivity index (χ3v) is 3.29. The summed E-state index contributed by atoms with van der Waals surface area (Å²) in [5.74, 6) is 0.0767. The summed E-state index contributed by atoms with van der Waals surface area (Å²) in [5, 5.41) is 7.52. The lowest BCUT2D eigenvalue weighted by atomic mass is 10.3. The summed E-state index contributed by atoms with van der Waals surface area (Å²) >= 11 is 7.25. The minimum atomic E-state index is -0.346. The Bertz CT molecular complexity index is 803. The van der Waals surface area contributed by atoms with Crippen LogP contribution >= 0.6 is 28.7 Å². The summed E-state index contributed by atoms with van der Waals surface area (Å²) in [6.45, 7) is 0. The maximum Gasteiger partial charge on any atom is 0.276 e. The molecule has 0 aliphatic rings. The molecule has 0 saturated heterocycles. The summed E-state index contributed by atoms with van der Waals surface area (Å²) in [5.41, 5.74) is 0.883. The van der Waals surface area contributed by atoms with Crippen molar-refractivity contribution in [3.05, 3.63) is 46.8 Å². The van der Waals surface area contributed by atoms with E-state index < -0.39 is 0 Å². The number of nitrogens with one attached hydrogen (secondary N) is 1. The number of halogens is 1. The average molecular weight is 350 g/mol. The first-order chi connectivity index (χ1) is 9.63. The lowest BCUT2D eigenvalue weighted by Crippen LogP contribution is -2.15. The monoisotopic (exact) mass is 349 g/mol. The topological polar surface area (TPSA) is 72.7 Å². The molecule has 3 aromatic heterocycles. The molecule has 0 radical (unpaired) electrons. The number of carbonyl (C=O) groups excluding carboxylic acids is 1. The quantitative estimate of drug-likeness (QED) is 0.697. The normalized spacial score (nSPS) is 10.7. The molecule has 0 bridgehead atoms. The fourth-order valence-corrected chi connectivity index (χ4v) is 2.45. The molecule has 1 amide bonds. The van der Waals surface area contributed by atoms with Crippen molar-refractivity contribution in [1.82, 2.24) is 19.2 Å². The van der Waals surface area contributed by atoms with Gasteiger partial charge in [0.15, 0.2) is 5.65 Å². The molecular weight excluding hydrogens is 342 g/mol. The van der Waals surface area contributed by atoms with Crippen molar-refractivity contribution >= 4 is 51.5 Å². The van der Waals surface area contributed by atoms with Gasteiger partial charge >= 0.3 is 0 Å². The van der Waals surface area contributed by atoms with E-state index in [1.807, 2.05) is 18.2 Å². The molecule has 0 aromatic carbocycles. The number of aromatic nitrogens is 4. The molecule has 8 heteroatoms. The molecule has 3 heterocycles. The molecule has 3 aromatic rings. The van der Waals surface area contributed by atoms with Crippen LogP contribution in [-0.2, 0) is 0 Å². The second-order valence-electron chi connectivity index (χ2n) is 3.94. The van der Waals surface area contributed by atoms with Crippen LogP contribution in [0.5, 0.6) is 0 Å². The molecule has 3 rings (SSSR count). The highest BCUT2D eigenvalue weighted by molar-refractivity contribution is 9.10. The number of anilines is 1. The number of hydrogen-bond donors (Lipinski definition) is 2. The minimum absolute atomic E-state index is 0.308. The highest BCUT2D eigenvalue weighted by Gasteiger charge is 2.14. The zero-order valence-electron chi connectivity index (χ0n) is 9.99. The third-order valence-electron chi connectivity index (χ3n) is 2.60. The first-order valence-electron chi connectivity index (χ1n) is 5.61. The number of fused-ring (bicyclic) bond motifs is 1. The third kappa shape index (κ3) is 2.52. The van der Waals surface area contributed by atoms with Gasteiger partial charge in [0, 0.05) is 17.6 Å². The number of amides is 1. The van der Waals surface area contributed by atoms with Gasteiger partial charge < -0.3 is 5.32 Å². The van der Waals surface area contributed by atoms with E-state index in [1.54, 1.807) is 18.3 Å². The standard InChI is InChI=1S/C12H8BrN5OS/c13-9-6-8(18(20)17-9)12(19)16-10-4-3-7-2-1-5-14-11(7)15-10/h1-6,20H,(H,14,15,16,19). The number of hydrogen-bond acceptors (Lipinski definition) is 5. The Balaban J connectivity index is 1.89. The van der Waals surface area contributed by atoms with E-state index in [0.29, 0.717) is 21.8 Å². The van der Waals surface area contributed by atoms with E-state index in [1.165, 1.54) is 4.09 Å². The molecule has 0 saturated carbocycles. The Morgan fingerprint density at radius 1 is 1.35 bits per heavy atom. The molecule has 0 atom stereocenters. The van der Waals surface area contributed by atoms with Gasteiger partial charge in [0.2, 0.25) is 0 Å². The Kier molecular flexibility index (Phi) is 3.41. The van der Waals surface area contributed by atoms with Crippen LogP contribution in [0, 0.1) is 0 Å². The molecule has 20 heavy (non-hydrogen) atoms. The van der Waals surface area contributed by atoms with Gasteiger partial charge in [0.1, 0.15) is 16.1 Å². The minimum Gasteiger partial charge on any atom is -0.305 e. The van der Waals surface area contributed by atoms with Gasteiger partial charge in [-0.05, 0) is 53.0 Å². The Labute approximate surface area is 127 Å². The second kappa shape index (κ2) is 5.22. The number of nitrogens with zero attached hydrogens (tertiary/aromatic N) is 4. The van der Waals surface area contributed by atoms with E-state index in [9.17, 15) is 4.79 Å². The fraction of sp³-hybridized carbons (Fsp3) is 0. The molecule has 6 nitrogen and oxygen atoms in total. The van der Waals surface area contributed by atoms with Crippen LogP contribution in [0.4, 0.5) is 5.82 Å². The van der Waals surface area contributed by atoms with Crippen LogP contribution in [0.3, 0.4) is 0 Å². The zero-order valence-corrected chi connectivity index (χ0v) is 12.5. The molecule has 0 spiro atoms. The van der Waals surface area contributed by atoms with Crippen LogP contribution in [0.1, 0.15) is 10.5 Å². The van der Waals surface area contributed by atoms with E-state index in [2.05, 4.69) is 49.1 Å². The van der Waals surface area contributed by atoms with Gasteiger partial charge in [0.25, 0.3) is 5.91 Å². The van der Waals surface area contributed by atoms with Gasteiger partial charge in [-0.25, -0.2) is 14.1 Å². The van der Waals surface area contributed by atoms with Crippen molar-refractivity contribution in [1.29, 1.82) is 0 Å². The first kappa shape index (κ1) is 13.1. The summed E-state index contributed by atoms with van der Waals surface area (Å²) in [7, 11) is 0. The van der Waals surface area contributed by atoms with Crippen molar-refractivity contribution in [3.63, 3.8) is 0 Å². The largest absolute Gasteiger partial charge is 0.305 e. The smallest absolute Gasteiger partial charge is 0.276 e. The predicted octanol–water partition coefficient (Wildman–Crippen LogP) is 2.53. The van der Waals surface area contributed by atoms with Crippen molar-refractivity contribution in [2.75, 3.05) is 5.32 Å². The Hall–Kier alpha value is -1.93. The number of thiol groups is 1. The van der Waals surface area contributed by atoms with Crippen molar-refractivity contribution < 1.29 is 4.79 Å². The molecule has 0 aliphatic heterocycles. The van der Waals surface area contributed by atoms with Gasteiger partial charge in [-0.3, -0.25) is 4.79 Å². The molecule has 1 N–H and O–H groups in total. The maximum atomic E-state index is 12.1. The molecule has 0 aliphatic carbocycles.